The molecule has 2 aromatic heterocycles. The molecule has 86 valence electrons. The summed E-state index contributed by atoms with van der Waals surface area (Å²) in [5.41, 5.74) is 6.89. The van der Waals surface area contributed by atoms with E-state index in [4.69, 9.17) is 10.3 Å². The van der Waals surface area contributed by atoms with E-state index in [1.807, 2.05) is 11.4 Å². The summed E-state index contributed by atoms with van der Waals surface area (Å²) in [6, 6.07) is 1.90. The summed E-state index contributed by atoms with van der Waals surface area (Å²) >= 11 is 3.92. The molecule has 2 heterocycles. The van der Waals surface area contributed by atoms with Gasteiger partial charge in [-0.3, -0.25) is 0 Å². The van der Waals surface area contributed by atoms with Crippen molar-refractivity contribution in [3.63, 3.8) is 0 Å². The van der Waals surface area contributed by atoms with Crippen molar-refractivity contribution in [3.05, 3.63) is 20.2 Å². The van der Waals surface area contributed by atoms with Crippen LogP contribution in [0.2, 0.25) is 0 Å². The Kier molecular flexibility index (Phi) is 3.93. The van der Waals surface area contributed by atoms with Crippen molar-refractivity contribution in [1.29, 1.82) is 0 Å². The molecule has 6 heteroatoms. The zero-order valence-electron chi connectivity index (χ0n) is 8.81. The lowest BCUT2D eigenvalue weighted by Gasteiger charge is -2.02. The van der Waals surface area contributed by atoms with E-state index in [-0.39, 0.29) is 6.04 Å². The summed E-state index contributed by atoms with van der Waals surface area (Å²) in [5, 5.41) is 5.92. The van der Waals surface area contributed by atoms with Crippen LogP contribution < -0.4 is 5.73 Å². The first-order valence-corrected chi connectivity index (χ1v) is 7.00. The number of hydrogen-bond donors (Lipinski definition) is 1. The largest absolute Gasteiger partial charge is 0.334 e. The molecule has 0 aliphatic carbocycles. The zero-order valence-corrected chi connectivity index (χ0v) is 11.8. The molecule has 2 N–H and O–H groups in total. The highest BCUT2D eigenvalue weighted by Crippen LogP contribution is 2.26. The molecule has 16 heavy (non-hydrogen) atoms. The summed E-state index contributed by atoms with van der Waals surface area (Å²) in [6.07, 6.45) is 1.89. The monoisotopic (exact) mass is 349 g/mol. The fourth-order valence-electron chi connectivity index (χ4n) is 1.37. The van der Waals surface area contributed by atoms with E-state index in [1.165, 1.54) is 2.88 Å². The second kappa shape index (κ2) is 5.24. The number of aromatic nitrogens is 2. The van der Waals surface area contributed by atoms with E-state index in [9.17, 15) is 0 Å². The Morgan fingerprint density at radius 3 is 3.06 bits per heavy atom. The molecule has 0 radical (unpaired) electrons. The van der Waals surface area contributed by atoms with Crippen LogP contribution in [0.25, 0.3) is 11.5 Å². The van der Waals surface area contributed by atoms with E-state index < -0.39 is 0 Å². The van der Waals surface area contributed by atoms with Gasteiger partial charge in [0, 0.05) is 5.38 Å². The van der Waals surface area contributed by atoms with Gasteiger partial charge in [-0.2, -0.15) is 4.98 Å². The van der Waals surface area contributed by atoms with E-state index in [0.717, 1.165) is 18.4 Å². The Labute approximate surface area is 111 Å². The SMILES string of the molecule is CCCC(N)c1noc(-c2csc(I)c2)n1. The van der Waals surface area contributed by atoms with Crippen molar-refractivity contribution < 1.29 is 4.52 Å². The van der Waals surface area contributed by atoms with E-state index in [2.05, 4.69) is 39.7 Å². The van der Waals surface area contributed by atoms with Gasteiger partial charge in [-0.05, 0) is 35.1 Å². The van der Waals surface area contributed by atoms with Crippen molar-refractivity contribution in [2.45, 2.75) is 25.8 Å². The molecule has 0 aromatic carbocycles. The van der Waals surface area contributed by atoms with Gasteiger partial charge in [0.15, 0.2) is 5.82 Å². The van der Waals surface area contributed by atoms with Crippen LogP contribution in [0.5, 0.6) is 0 Å². The summed E-state index contributed by atoms with van der Waals surface area (Å²) in [5.74, 6) is 1.15. The zero-order chi connectivity index (χ0) is 11.5. The second-order valence-electron chi connectivity index (χ2n) is 3.49. The third-order valence-electron chi connectivity index (χ3n) is 2.19. The lowest BCUT2D eigenvalue weighted by atomic mass is 10.2. The molecule has 0 saturated heterocycles. The number of nitrogens with two attached hydrogens (primary N) is 1. The minimum atomic E-state index is -0.125. The average Bonchev–Trinajstić information content (AvgIpc) is 2.85. The first kappa shape index (κ1) is 12.0. The first-order valence-electron chi connectivity index (χ1n) is 5.04. The average molecular weight is 349 g/mol. The summed E-state index contributed by atoms with van der Waals surface area (Å²) in [4.78, 5) is 4.31. The molecular formula is C10H12IN3OS. The number of halogens is 1. The molecular weight excluding hydrogens is 337 g/mol. The van der Waals surface area contributed by atoms with Crippen molar-refractivity contribution in [2.24, 2.45) is 5.73 Å². The minimum Gasteiger partial charge on any atom is -0.334 e. The lowest BCUT2D eigenvalue weighted by molar-refractivity contribution is 0.413. The van der Waals surface area contributed by atoms with Gasteiger partial charge >= 0.3 is 0 Å². The predicted molar refractivity (Wildman–Crippen MR) is 72.2 cm³/mol. The normalized spacial score (nSPS) is 12.9. The van der Waals surface area contributed by atoms with Crippen molar-refractivity contribution in [2.75, 3.05) is 0 Å². The van der Waals surface area contributed by atoms with Crippen LogP contribution in [0.3, 0.4) is 0 Å². The standard InChI is InChI=1S/C10H12IN3OS/c1-2-3-7(12)9-13-10(15-14-9)6-4-8(11)16-5-6/h4-5,7H,2-3,12H2,1H3. The summed E-state index contributed by atoms with van der Waals surface area (Å²) < 4.78 is 6.39. The minimum absolute atomic E-state index is 0.125. The Balaban J connectivity index is 2.19. The molecule has 2 rings (SSSR count). The molecule has 0 spiro atoms. The van der Waals surface area contributed by atoms with Crippen LogP contribution in [0.15, 0.2) is 16.0 Å². The third-order valence-corrected chi connectivity index (χ3v) is 3.98. The highest BCUT2D eigenvalue weighted by molar-refractivity contribution is 14.1. The molecule has 4 nitrogen and oxygen atoms in total. The molecule has 1 atom stereocenters. The van der Waals surface area contributed by atoms with Crippen molar-refractivity contribution >= 4 is 33.9 Å². The van der Waals surface area contributed by atoms with Crippen molar-refractivity contribution in [1.82, 2.24) is 10.1 Å². The van der Waals surface area contributed by atoms with Crippen LogP contribution in [-0.2, 0) is 0 Å². The van der Waals surface area contributed by atoms with E-state index in [1.54, 1.807) is 11.3 Å². The quantitative estimate of drug-likeness (QED) is 0.861. The number of rotatable bonds is 4. The fraction of sp³-hybridized carbons (Fsp3) is 0.400. The van der Waals surface area contributed by atoms with Gasteiger partial charge in [-0.15, -0.1) is 11.3 Å². The van der Waals surface area contributed by atoms with Gasteiger partial charge in [0.1, 0.15) is 0 Å². The van der Waals surface area contributed by atoms with Crippen LogP contribution >= 0.6 is 33.9 Å². The molecule has 0 bridgehead atoms. The van der Waals surface area contributed by atoms with Crippen LogP contribution in [-0.4, -0.2) is 10.1 Å². The third kappa shape index (κ3) is 2.61. The smallest absolute Gasteiger partial charge is 0.258 e. The highest BCUT2D eigenvalue weighted by Gasteiger charge is 2.15. The van der Waals surface area contributed by atoms with Crippen LogP contribution in [0.1, 0.15) is 31.6 Å². The molecule has 0 aliphatic heterocycles. The van der Waals surface area contributed by atoms with Gasteiger partial charge in [-0.25, -0.2) is 0 Å². The van der Waals surface area contributed by atoms with Gasteiger partial charge in [0.2, 0.25) is 0 Å². The Morgan fingerprint density at radius 2 is 2.44 bits per heavy atom. The molecule has 2 aromatic rings. The maximum absolute atomic E-state index is 5.92. The maximum Gasteiger partial charge on any atom is 0.258 e. The number of nitrogens with zero attached hydrogens (tertiary/aromatic N) is 2. The molecule has 0 saturated carbocycles. The molecule has 1 unspecified atom stereocenters. The molecule has 0 fully saturated rings. The molecule has 0 amide bonds. The Morgan fingerprint density at radius 1 is 1.62 bits per heavy atom. The molecule has 0 aliphatic rings. The van der Waals surface area contributed by atoms with Crippen LogP contribution in [0, 0.1) is 2.88 Å². The Bertz CT molecular complexity index is 468. The van der Waals surface area contributed by atoms with Crippen LogP contribution in [0.4, 0.5) is 0 Å². The maximum atomic E-state index is 5.92. The summed E-state index contributed by atoms with van der Waals surface area (Å²) in [6.45, 7) is 2.09. The fourth-order valence-corrected chi connectivity index (χ4v) is 2.69. The first-order chi connectivity index (χ1) is 7.70. The van der Waals surface area contributed by atoms with Crippen molar-refractivity contribution in [3.8, 4) is 11.5 Å². The number of thiophene rings is 1. The Hall–Kier alpha value is -0.470. The summed E-state index contributed by atoms with van der Waals surface area (Å²) in [7, 11) is 0. The lowest BCUT2D eigenvalue weighted by Crippen LogP contribution is -2.11. The van der Waals surface area contributed by atoms with Gasteiger partial charge in [0.05, 0.1) is 14.5 Å². The van der Waals surface area contributed by atoms with E-state index >= 15 is 0 Å². The van der Waals surface area contributed by atoms with Gasteiger partial charge in [0.25, 0.3) is 5.89 Å². The van der Waals surface area contributed by atoms with E-state index in [0.29, 0.717) is 11.7 Å². The van der Waals surface area contributed by atoms with Gasteiger partial charge < -0.3 is 10.3 Å². The topological polar surface area (TPSA) is 64.9 Å². The number of hydrogen-bond acceptors (Lipinski definition) is 5. The predicted octanol–water partition coefficient (Wildman–Crippen LogP) is 3.20. The van der Waals surface area contributed by atoms with Gasteiger partial charge in [-0.1, -0.05) is 18.5 Å². The second-order valence-corrected chi connectivity index (χ2v) is 6.30. The highest BCUT2D eigenvalue weighted by atomic mass is 127.